The SMILES string of the molecule is O=Cc1ccc(S)c(CS)c1. The molecule has 1 aromatic rings. The second kappa shape index (κ2) is 3.83. The molecule has 0 radical (unpaired) electrons. The van der Waals surface area contributed by atoms with Gasteiger partial charge in [0.1, 0.15) is 6.29 Å². The molecule has 1 rings (SSSR count). The van der Waals surface area contributed by atoms with Crippen LogP contribution in [0.4, 0.5) is 0 Å². The standard InChI is InChI=1S/C8H8OS2/c9-4-6-1-2-8(11)7(3-6)5-10/h1-4,10-11H,5H2. The van der Waals surface area contributed by atoms with Crippen molar-refractivity contribution >= 4 is 31.5 Å². The third-order valence-corrected chi connectivity index (χ3v) is 2.19. The third-order valence-electron chi connectivity index (χ3n) is 1.41. The van der Waals surface area contributed by atoms with Gasteiger partial charge in [-0.15, -0.1) is 12.6 Å². The molecule has 58 valence electrons. The van der Waals surface area contributed by atoms with Gasteiger partial charge in [-0.05, 0) is 17.7 Å². The van der Waals surface area contributed by atoms with Crippen molar-refractivity contribution in [2.45, 2.75) is 10.6 Å². The van der Waals surface area contributed by atoms with Crippen molar-refractivity contribution in [3.63, 3.8) is 0 Å². The van der Waals surface area contributed by atoms with Gasteiger partial charge in [0.25, 0.3) is 0 Å². The van der Waals surface area contributed by atoms with E-state index in [1.54, 1.807) is 18.2 Å². The molecule has 0 amide bonds. The molecule has 11 heavy (non-hydrogen) atoms. The van der Waals surface area contributed by atoms with Gasteiger partial charge in [0.05, 0.1) is 0 Å². The molecule has 0 fully saturated rings. The predicted octanol–water partition coefficient (Wildman–Crippen LogP) is 2.22. The summed E-state index contributed by atoms with van der Waals surface area (Å²) in [6, 6.07) is 5.34. The normalized spacial score (nSPS) is 9.64. The molecule has 0 bridgehead atoms. The Morgan fingerprint density at radius 2 is 2.18 bits per heavy atom. The molecule has 0 heterocycles. The molecule has 1 nitrogen and oxygen atoms in total. The summed E-state index contributed by atoms with van der Waals surface area (Å²) in [6.07, 6.45) is 0.820. The van der Waals surface area contributed by atoms with Crippen molar-refractivity contribution < 1.29 is 4.79 Å². The Bertz CT molecular complexity index is 271. The lowest BCUT2D eigenvalue weighted by atomic mass is 10.1. The second-order valence-electron chi connectivity index (χ2n) is 2.16. The van der Waals surface area contributed by atoms with Crippen LogP contribution in [0.2, 0.25) is 0 Å². The summed E-state index contributed by atoms with van der Waals surface area (Å²) in [5, 5.41) is 0. The molecule has 0 aromatic heterocycles. The number of carbonyl (C=O) groups is 1. The van der Waals surface area contributed by atoms with Crippen LogP contribution in [0.3, 0.4) is 0 Å². The van der Waals surface area contributed by atoms with Crippen molar-refractivity contribution in [1.82, 2.24) is 0 Å². The highest BCUT2D eigenvalue weighted by molar-refractivity contribution is 7.80. The number of thiol groups is 2. The maximum Gasteiger partial charge on any atom is 0.150 e. The van der Waals surface area contributed by atoms with E-state index in [9.17, 15) is 4.79 Å². The first-order valence-corrected chi connectivity index (χ1v) is 4.24. The Morgan fingerprint density at radius 1 is 1.45 bits per heavy atom. The van der Waals surface area contributed by atoms with Gasteiger partial charge in [0.2, 0.25) is 0 Å². The van der Waals surface area contributed by atoms with E-state index in [-0.39, 0.29) is 0 Å². The van der Waals surface area contributed by atoms with E-state index in [2.05, 4.69) is 25.3 Å². The molecule has 3 heteroatoms. The lowest BCUT2D eigenvalue weighted by molar-refractivity contribution is 0.112. The molecule has 0 spiro atoms. The first-order valence-electron chi connectivity index (χ1n) is 3.16. The van der Waals surface area contributed by atoms with Crippen LogP contribution in [-0.2, 0) is 5.75 Å². The fourth-order valence-corrected chi connectivity index (χ4v) is 1.41. The van der Waals surface area contributed by atoms with Crippen LogP contribution in [0.5, 0.6) is 0 Å². The van der Waals surface area contributed by atoms with E-state index in [1.165, 1.54) is 0 Å². The average molecular weight is 184 g/mol. The van der Waals surface area contributed by atoms with Gasteiger partial charge in [0, 0.05) is 16.2 Å². The topological polar surface area (TPSA) is 17.1 Å². The first kappa shape index (κ1) is 8.68. The van der Waals surface area contributed by atoms with Crippen molar-refractivity contribution in [3.8, 4) is 0 Å². The minimum absolute atomic E-state index is 0.612. The predicted molar refractivity (Wildman–Crippen MR) is 51.8 cm³/mol. The minimum atomic E-state index is 0.612. The molecule has 0 saturated heterocycles. The molecule has 0 N–H and O–H groups in total. The van der Waals surface area contributed by atoms with Gasteiger partial charge in [-0.1, -0.05) is 6.07 Å². The first-order chi connectivity index (χ1) is 5.27. The lowest BCUT2D eigenvalue weighted by Crippen LogP contribution is -1.85. The zero-order chi connectivity index (χ0) is 8.27. The van der Waals surface area contributed by atoms with Crippen LogP contribution in [0.25, 0.3) is 0 Å². The van der Waals surface area contributed by atoms with E-state index in [1.807, 2.05) is 0 Å². The number of benzene rings is 1. The molecule has 1 aromatic carbocycles. The van der Waals surface area contributed by atoms with Gasteiger partial charge in [-0.25, -0.2) is 0 Å². The van der Waals surface area contributed by atoms with E-state index >= 15 is 0 Å². The summed E-state index contributed by atoms with van der Waals surface area (Å²) in [5.41, 5.74) is 1.66. The van der Waals surface area contributed by atoms with Gasteiger partial charge >= 0.3 is 0 Å². The number of carbonyl (C=O) groups excluding carboxylic acids is 1. The molecule has 0 aliphatic heterocycles. The van der Waals surface area contributed by atoms with Gasteiger partial charge < -0.3 is 0 Å². The average Bonchev–Trinajstić information content (AvgIpc) is 2.05. The largest absolute Gasteiger partial charge is 0.298 e. The van der Waals surface area contributed by atoms with E-state index < -0.39 is 0 Å². The third kappa shape index (κ3) is 2.01. The highest BCUT2D eigenvalue weighted by Crippen LogP contribution is 2.16. The number of rotatable bonds is 2. The van der Waals surface area contributed by atoms with Crippen LogP contribution in [0.15, 0.2) is 23.1 Å². The Hall–Kier alpha value is -0.410. The summed E-state index contributed by atoms with van der Waals surface area (Å²) in [6.45, 7) is 0. The Balaban J connectivity index is 3.12. The number of hydrogen-bond donors (Lipinski definition) is 2. The van der Waals surface area contributed by atoms with Crippen LogP contribution in [0, 0.1) is 0 Å². The fraction of sp³-hybridized carbons (Fsp3) is 0.125. The van der Waals surface area contributed by atoms with Crippen molar-refractivity contribution in [2.75, 3.05) is 0 Å². The zero-order valence-electron chi connectivity index (χ0n) is 5.82. The Labute approximate surface area is 76.6 Å². The molecule has 0 atom stereocenters. The highest BCUT2D eigenvalue weighted by Gasteiger charge is 1.97. The highest BCUT2D eigenvalue weighted by atomic mass is 32.1. The quantitative estimate of drug-likeness (QED) is 0.532. The zero-order valence-corrected chi connectivity index (χ0v) is 7.61. The summed E-state index contributed by atoms with van der Waals surface area (Å²) >= 11 is 8.30. The molecule has 0 saturated carbocycles. The number of aldehydes is 1. The number of hydrogen-bond acceptors (Lipinski definition) is 3. The monoisotopic (exact) mass is 184 g/mol. The molecule has 0 aliphatic rings. The summed E-state index contributed by atoms with van der Waals surface area (Å²) in [4.78, 5) is 11.2. The van der Waals surface area contributed by atoms with Crippen LogP contribution in [0.1, 0.15) is 15.9 Å². The van der Waals surface area contributed by atoms with Crippen LogP contribution < -0.4 is 0 Å². The van der Waals surface area contributed by atoms with E-state index in [0.29, 0.717) is 11.3 Å². The second-order valence-corrected chi connectivity index (χ2v) is 2.96. The van der Waals surface area contributed by atoms with Gasteiger partial charge in [0.15, 0.2) is 0 Å². The van der Waals surface area contributed by atoms with Crippen molar-refractivity contribution in [2.24, 2.45) is 0 Å². The molecular formula is C8H8OS2. The fourth-order valence-electron chi connectivity index (χ4n) is 0.805. The Morgan fingerprint density at radius 3 is 2.73 bits per heavy atom. The van der Waals surface area contributed by atoms with Gasteiger partial charge in [-0.2, -0.15) is 12.6 Å². The summed E-state index contributed by atoms with van der Waals surface area (Å²) in [5.74, 6) is 0.612. The molecular weight excluding hydrogens is 176 g/mol. The molecule has 0 unspecified atom stereocenters. The molecule has 0 aliphatic carbocycles. The van der Waals surface area contributed by atoms with Crippen molar-refractivity contribution in [1.29, 1.82) is 0 Å². The minimum Gasteiger partial charge on any atom is -0.298 e. The van der Waals surface area contributed by atoms with Crippen molar-refractivity contribution in [3.05, 3.63) is 29.3 Å². The summed E-state index contributed by atoms with van der Waals surface area (Å²) in [7, 11) is 0. The Kier molecular flexibility index (Phi) is 3.02. The van der Waals surface area contributed by atoms with Crippen LogP contribution in [-0.4, -0.2) is 6.29 Å². The maximum absolute atomic E-state index is 10.3. The lowest BCUT2D eigenvalue weighted by Gasteiger charge is -2.00. The summed E-state index contributed by atoms with van der Waals surface area (Å²) < 4.78 is 0. The van der Waals surface area contributed by atoms with E-state index in [4.69, 9.17) is 0 Å². The van der Waals surface area contributed by atoms with Gasteiger partial charge in [-0.3, -0.25) is 4.79 Å². The van der Waals surface area contributed by atoms with Crippen LogP contribution >= 0.6 is 25.3 Å². The van der Waals surface area contributed by atoms with E-state index in [0.717, 1.165) is 16.7 Å². The maximum atomic E-state index is 10.3. The smallest absolute Gasteiger partial charge is 0.150 e.